The second kappa shape index (κ2) is 7.03. The van der Waals surface area contributed by atoms with Gasteiger partial charge < -0.3 is 9.64 Å². The number of carbonyl (C=O) groups excluding carboxylic acids is 1. The maximum absolute atomic E-state index is 12.2. The monoisotopic (exact) mass is 315 g/mol. The molecule has 2 rings (SSSR count). The lowest BCUT2D eigenvalue weighted by atomic mass is 9.89. The summed E-state index contributed by atoms with van der Waals surface area (Å²) in [7, 11) is 1.61. The SMILES string of the molecule is COc1cccc(C2CCN(C(=O)CCC(F)(F)F)CC2)c1. The highest BCUT2D eigenvalue weighted by Gasteiger charge is 2.30. The highest BCUT2D eigenvalue weighted by molar-refractivity contribution is 5.76. The first-order valence-corrected chi connectivity index (χ1v) is 7.37. The highest BCUT2D eigenvalue weighted by Crippen LogP contribution is 2.30. The largest absolute Gasteiger partial charge is 0.497 e. The molecule has 1 aliphatic rings. The maximum atomic E-state index is 12.2. The summed E-state index contributed by atoms with van der Waals surface area (Å²) in [5, 5.41) is 0. The van der Waals surface area contributed by atoms with Crippen LogP contribution in [0.25, 0.3) is 0 Å². The van der Waals surface area contributed by atoms with Crippen molar-refractivity contribution in [3.05, 3.63) is 29.8 Å². The maximum Gasteiger partial charge on any atom is 0.389 e. The first-order chi connectivity index (χ1) is 10.4. The molecule has 0 unspecified atom stereocenters. The first kappa shape index (κ1) is 16.6. The van der Waals surface area contributed by atoms with E-state index in [1.807, 2.05) is 24.3 Å². The summed E-state index contributed by atoms with van der Waals surface area (Å²) < 4.78 is 41.7. The van der Waals surface area contributed by atoms with Crippen LogP contribution < -0.4 is 4.74 Å². The number of likely N-dealkylation sites (tertiary alicyclic amines) is 1. The average molecular weight is 315 g/mol. The fraction of sp³-hybridized carbons (Fsp3) is 0.562. The van der Waals surface area contributed by atoms with Gasteiger partial charge in [0.1, 0.15) is 5.75 Å². The van der Waals surface area contributed by atoms with Gasteiger partial charge in [-0.3, -0.25) is 4.79 Å². The van der Waals surface area contributed by atoms with Crippen LogP contribution >= 0.6 is 0 Å². The molecular weight excluding hydrogens is 295 g/mol. The molecule has 1 saturated heterocycles. The van der Waals surface area contributed by atoms with E-state index in [2.05, 4.69) is 0 Å². The second-order valence-electron chi connectivity index (χ2n) is 5.55. The molecule has 1 aromatic carbocycles. The number of rotatable bonds is 4. The molecule has 0 saturated carbocycles. The number of hydrogen-bond donors (Lipinski definition) is 0. The lowest BCUT2D eigenvalue weighted by Gasteiger charge is -2.32. The van der Waals surface area contributed by atoms with Crippen molar-refractivity contribution in [1.29, 1.82) is 0 Å². The number of piperidine rings is 1. The molecule has 0 aliphatic carbocycles. The highest BCUT2D eigenvalue weighted by atomic mass is 19.4. The van der Waals surface area contributed by atoms with Crippen molar-refractivity contribution in [2.45, 2.75) is 37.8 Å². The number of ether oxygens (including phenoxy) is 1. The Labute approximate surface area is 128 Å². The molecule has 1 heterocycles. The number of carbonyl (C=O) groups is 1. The van der Waals surface area contributed by atoms with Crippen LogP contribution in [0.5, 0.6) is 5.75 Å². The summed E-state index contributed by atoms with van der Waals surface area (Å²) >= 11 is 0. The Morgan fingerprint density at radius 3 is 2.59 bits per heavy atom. The third kappa shape index (κ3) is 4.64. The molecule has 0 aromatic heterocycles. The Bertz CT molecular complexity index is 508. The molecule has 3 nitrogen and oxygen atoms in total. The van der Waals surface area contributed by atoms with E-state index in [4.69, 9.17) is 4.74 Å². The van der Waals surface area contributed by atoms with Gasteiger partial charge in [0, 0.05) is 19.5 Å². The summed E-state index contributed by atoms with van der Waals surface area (Å²) in [5.41, 5.74) is 1.15. The fourth-order valence-electron chi connectivity index (χ4n) is 2.76. The molecular formula is C16H20F3NO2. The van der Waals surface area contributed by atoms with Crippen LogP contribution in [0.4, 0.5) is 13.2 Å². The van der Waals surface area contributed by atoms with Crippen LogP contribution in [-0.2, 0) is 4.79 Å². The first-order valence-electron chi connectivity index (χ1n) is 7.37. The molecule has 0 bridgehead atoms. The smallest absolute Gasteiger partial charge is 0.389 e. The molecule has 0 atom stereocenters. The number of methoxy groups -OCH3 is 1. The van der Waals surface area contributed by atoms with Gasteiger partial charge in [-0.05, 0) is 36.5 Å². The zero-order valence-electron chi connectivity index (χ0n) is 12.5. The van der Waals surface area contributed by atoms with Crippen molar-refractivity contribution in [1.82, 2.24) is 4.90 Å². The molecule has 6 heteroatoms. The quantitative estimate of drug-likeness (QED) is 0.847. The van der Waals surface area contributed by atoms with E-state index >= 15 is 0 Å². The van der Waals surface area contributed by atoms with Gasteiger partial charge >= 0.3 is 6.18 Å². The van der Waals surface area contributed by atoms with Crippen LogP contribution in [0.2, 0.25) is 0 Å². The minimum atomic E-state index is -4.27. The topological polar surface area (TPSA) is 29.5 Å². The van der Waals surface area contributed by atoms with Gasteiger partial charge in [0.2, 0.25) is 5.91 Å². The number of nitrogens with zero attached hydrogens (tertiary/aromatic N) is 1. The van der Waals surface area contributed by atoms with Crippen molar-refractivity contribution < 1.29 is 22.7 Å². The van der Waals surface area contributed by atoms with E-state index in [0.717, 1.165) is 24.2 Å². The number of halogens is 3. The standard InChI is InChI=1S/C16H20F3NO2/c1-22-14-4-2-3-13(11-14)12-6-9-20(10-7-12)15(21)5-8-16(17,18)19/h2-4,11-12H,5-10H2,1H3. The van der Waals surface area contributed by atoms with Crippen molar-refractivity contribution in [2.75, 3.05) is 20.2 Å². The number of hydrogen-bond acceptors (Lipinski definition) is 2. The summed E-state index contributed by atoms with van der Waals surface area (Å²) in [5.74, 6) is 0.712. The van der Waals surface area contributed by atoms with E-state index < -0.39 is 24.9 Å². The summed E-state index contributed by atoms with van der Waals surface area (Å²) in [6, 6.07) is 7.80. The predicted molar refractivity (Wildman–Crippen MR) is 76.8 cm³/mol. The van der Waals surface area contributed by atoms with Gasteiger partial charge in [-0.2, -0.15) is 13.2 Å². The van der Waals surface area contributed by atoms with Gasteiger partial charge in [-0.25, -0.2) is 0 Å². The lowest BCUT2D eigenvalue weighted by molar-refractivity contribution is -0.149. The Kier molecular flexibility index (Phi) is 5.32. The molecule has 0 radical (unpaired) electrons. The fourth-order valence-corrected chi connectivity index (χ4v) is 2.76. The van der Waals surface area contributed by atoms with Crippen LogP contribution in [0, 0.1) is 0 Å². The van der Waals surface area contributed by atoms with Crippen LogP contribution in [0.1, 0.15) is 37.2 Å². The van der Waals surface area contributed by atoms with Crippen molar-refractivity contribution in [3.63, 3.8) is 0 Å². The Morgan fingerprint density at radius 2 is 2.00 bits per heavy atom. The van der Waals surface area contributed by atoms with E-state index in [-0.39, 0.29) is 0 Å². The molecule has 1 fully saturated rings. The van der Waals surface area contributed by atoms with Crippen molar-refractivity contribution in [2.24, 2.45) is 0 Å². The van der Waals surface area contributed by atoms with Crippen LogP contribution in [-0.4, -0.2) is 37.2 Å². The Hall–Kier alpha value is -1.72. The molecule has 1 amide bonds. The van der Waals surface area contributed by atoms with E-state index in [9.17, 15) is 18.0 Å². The van der Waals surface area contributed by atoms with Gasteiger partial charge in [0.05, 0.1) is 13.5 Å². The molecule has 0 spiro atoms. The number of benzene rings is 1. The third-order valence-electron chi connectivity index (χ3n) is 4.04. The molecule has 122 valence electrons. The molecule has 1 aliphatic heterocycles. The lowest BCUT2D eigenvalue weighted by Crippen LogP contribution is -2.38. The summed E-state index contributed by atoms with van der Waals surface area (Å²) in [4.78, 5) is 13.3. The summed E-state index contributed by atoms with van der Waals surface area (Å²) in [6.45, 7) is 1.02. The predicted octanol–water partition coefficient (Wildman–Crippen LogP) is 3.74. The molecule has 1 aromatic rings. The normalized spacial score (nSPS) is 16.6. The van der Waals surface area contributed by atoms with Gasteiger partial charge in [0.15, 0.2) is 0 Å². The van der Waals surface area contributed by atoms with E-state index in [1.54, 1.807) is 12.0 Å². The average Bonchev–Trinajstić information content (AvgIpc) is 2.52. The van der Waals surface area contributed by atoms with Crippen LogP contribution in [0.15, 0.2) is 24.3 Å². The molecule has 22 heavy (non-hydrogen) atoms. The van der Waals surface area contributed by atoms with Gasteiger partial charge in [0.25, 0.3) is 0 Å². The zero-order valence-corrected chi connectivity index (χ0v) is 12.5. The van der Waals surface area contributed by atoms with Gasteiger partial charge in [-0.1, -0.05) is 12.1 Å². The second-order valence-corrected chi connectivity index (χ2v) is 5.55. The minimum absolute atomic E-state index is 0.321. The van der Waals surface area contributed by atoms with Gasteiger partial charge in [-0.15, -0.1) is 0 Å². The number of amides is 1. The molecule has 0 N–H and O–H groups in total. The zero-order chi connectivity index (χ0) is 16.2. The van der Waals surface area contributed by atoms with E-state index in [0.29, 0.717) is 19.0 Å². The third-order valence-corrected chi connectivity index (χ3v) is 4.04. The number of alkyl halides is 3. The van der Waals surface area contributed by atoms with Crippen molar-refractivity contribution in [3.8, 4) is 5.75 Å². The Balaban J connectivity index is 1.86. The van der Waals surface area contributed by atoms with Crippen molar-refractivity contribution >= 4 is 5.91 Å². The minimum Gasteiger partial charge on any atom is -0.497 e. The van der Waals surface area contributed by atoms with Crippen LogP contribution in [0.3, 0.4) is 0 Å². The summed E-state index contributed by atoms with van der Waals surface area (Å²) in [6.07, 6.45) is -4.22. The van der Waals surface area contributed by atoms with E-state index in [1.165, 1.54) is 0 Å². The Morgan fingerprint density at radius 1 is 1.32 bits per heavy atom.